The molecule has 2 aromatic heterocycles. The molecule has 1 aliphatic heterocycles. The van der Waals surface area contributed by atoms with Crippen LogP contribution in [0.4, 0.5) is 17.1 Å². The molecule has 6 heteroatoms. The Labute approximate surface area is 389 Å². The molecule has 0 saturated heterocycles. The standard InChI is InChI=1S/C57H57N4O.Pt/c1-36-27-37(2)29-39(28-36)44-20-16-22-50-54(44)59(12)35-60(50)41-17-15-18-42(33-41)62-43-23-24-46-45-19-13-14-21-49(45)61(51(46)34-43)52-30-38(25-26-58-52)53-47(56(6,7)8)31-40(55(3,4)5)32-48(53)57(9,10)11;/h13-32,35H,1-12H3;/q-3;. The maximum Gasteiger partial charge on any atom is 0.136 e. The Morgan fingerprint density at radius 2 is 1.29 bits per heavy atom. The molecule has 0 aliphatic carbocycles. The van der Waals surface area contributed by atoms with Crippen LogP contribution in [-0.2, 0) is 37.3 Å². The molecule has 8 aromatic rings. The van der Waals surface area contributed by atoms with Crippen LogP contribution in [0.2, 0.25) is 0 Å². The van der Waals surface area contributed by atoms with Gasteiger partial charge < -0.3 is 19.1 Å². The Hall–Kier alpha value is -5.64. The van der Waals surface area contributed by atoms with Crippen molar-refractivity contribution in [1.82, 2.24) is 9.55 Å². The Morgan fingerprint density at radius 3 is 1.97 bits per heavy atom. The summed E-state index contributed by atoms with van der Waals surface area (Å²) in [6.07, 6.45) is 1.96. The number of pyridine rings is 1. The Bertz CT molecular complexity index is 2970. The van der Waals surface area contributed by atoms with E-state index < -0.39 is 0 Å². The number of fused-ring (bicyclic) bond motifs is 4. The number of benzene rings is 6. The monoisotopic (exact) mass is 1010 g/mol. The van der Waals surface area contributed by atoms with Gasteiger partial charge in [0.05, 0.1) is 0 Å². The summed E-state index contributed by atoms with van der Waals surface area (Å²) in [5.74, 6) is 2.05. The third-order valence-corrected chi connectivity index (χ3v) is 12.1. The first-order valence-corrected chi connectivity index (χ1v) is 21.8. The van der Waals surface area contributed by atoms with Crippen molar-refractivity contribution in [2.24, 2.45) is 0 Å². The fraction of sp³-hybridized carbons (Fsp3) is 0.263. The van der Waals surface area contributed by atoms with Gasteiger partial charge in [-0.15, -0.1) is 41.4 Å². The molecule has 0 bridgehead atoms. The largest absolute Gasteiger partial charge is 0.509 e. The van der Waals surface area contributed by atoms with Crippen LogP contribution in [0.1, 0.15) is 90.1 Å². The number of para-hydroxylation sites is 2. The molecule has 0 spiro atoms. The number of hydrogen-bond acceptors (Lipinski definition) is 4. The molecule has 6 aromatic carbocycles. The Morgan fingerprint density at radius 1 is 0.619 bits per heavy atom. The first kappa shape index (κ1) is 44.0. The van der Waals surface area contributed by atoms with Gasteiger partial charge in [-0.2, -0.15) is 18.8 Å². The van der Waals surface area contributed by atoms with Crippen molar-refractivity contribution in [1.29, 1.82) is 0 Å². The van der Waals surface area contributed by atoms with E-state index in [4.69, 9.17) is 9.72 Å². The minimum atomic E-state index is -0.0865. The van der Waals surface area contributed by atoms with Gasteiger partial charge in [-0.1, -0.05) is 140 Å². The normalized spacial score (nSPS) is 13.1. The minimum absolute atomic E-state index is 0. The van der Waals surface area contributed by atoms with Crippen molar-refractivity contribution in [3.63, 3.8) is 0 Å². The summed E-state index contributed by atoms with van der Waals surface area (Å²) in [5.41, 5.74) is 16.4. The van der Waals surface area contributed by atoms with E-state index in [0.717, 1.165) is 50.2 Å². The number of aromatic nitrogens is 2. The fourth-order valence-corrected chi connectivity index (χ4v) is 9.14. The molecule has 1 aliphatic rings. The van der Waals surface area contributed by atoms with E-state index in [0.29, 0.717) is 11.5 Å². The van der Waals surface area contributed by atoms with Gasteiger partial charge in [0.2, 0.25) is 0 Å². The van der Waals surface area contributed by atoms with E-state index in [1.165, 1.54) is 44.5 Å². The van der Waals surface area contributed by atoms with Crippen LogP contribution in [0.3, 0.4) is 0 Å². The second-order valence-electron chi connectivity index (χ2n) is 20.2. The van der Waals surface area contributed by atoms with E-state index in [1.54, 1.807) is 0 Å². The zero-order valence-corrected chi connectivity index (χ0v) is 40.9. The van der Waals surface area contributed by atoms with Crippen LogP contribution in [0.5, 0.6) is 11.5 Å². The summed E-state index contributed by atoms with van der Waals surface area (Å²) in [6, 6.07) is 48.6. The molecule has 0 unspecified atom stereocenters. The van der Waals surface area contributed by atoms with E-state index in [9.17, 15) is 0 Å². The van der Waals surface area contributed by atoms with Gasteiger partial charge >= 0.3 is 0 Å². The smallest absolute Gasteiger partial charge is 0.136 e. The first-order chi connectivity index (χ1) is 29.3. The average Bonchev–Trinajstić information content (AvgIpc) is 3.73. The summed E-state index contributed by atoms with van der Waals surface area (Å²) < 4.78 is 8.88. The Balaban J connectivity index is 0.00000544. The van der Waals surface area contributed by atoms with Gasteiger partial charge in [-0.3, -0.25) is 0 Å². The van der Waals surface area contributed by atoms with Gasteiger partial charge in [0.25, 0.3) is 0 Å². The van der Waals surface area contributed by atoms with Crippen molar-refractivity contribution in [3.05, 3.63) is 168 Å². The zero-order chi connectivity index (χ0) is 43.9. The molecule has 0 radical (unpaired) electrons. The quantitative estimate of drug-likeness (QED) is 0.155. The van der Waals surface area contributed by atoms with Crippen LogP contribution in [0.25, 0.3) is 49.9 Å². The molecular formula is C57H57N4OPt-3. The van der Waals surface area contributed by atoms with E-state index in [2.05, 4.69) is 213 Å². The SMILES string of the molecule is Cc1cc(C)cc(-c2cccc3c2N(C)[CH-]N3c2[c-]c(Oc3[c-]c4c(cc3)c3ccccc3n4-c3cc(-c4c(C(C)(C)C)cc(C(C)(C)C)cc4C(C)(C)C)ccn3)ccc2)c1.[Pt]. The molecule has 3 heterocycles. The first-order valence-electron chi connectivity index (χ1n) is 21.8. The van der Waals surface area contributed by atoms with E-state index >= 15 is 0 Å². The fourth-order valence-electron chi connectivity index (χ4n) is 9.14. The molecule has 5 nitrogen and oxygen atoms in total. The summed E-state index contributed by atoms with van der Waals surface area (Å²) >= 11 is 0. The zero-order valence-electron chi connectivity index (χ0n) is 38.6. The third-order valence-electron chi connectivity index (χ3n) is 12.1. The number of anilines is 3. The number of aryl methyl sites for hydroxylation is 2. The van der Waals surface area contributed by atoms with Crippen molar-refractivity contribution < 1.29 is 25.8 Å². The van der Waals surface area contributed by atoms with Gasteiger partial charge in [-0.25, -0.2) is 4.98 Å². The van der Waals surface area contributed by atoms with Gasteiger partial charge in [0, 0.05) is 61.2 Å². The average molecular weight is 1010 g/mol. The van der Waals surface area contributed by atoms with E-state index in [1.807, 2.05) is 24.4 Å². The number of ether oxygens (including phenoxy) is 1. The second-order valence-corrected chi connectivity index (χ2v) is 20.2. The van der Waals surface area contributed by atoms with Crippen molar-refractivity contribution in [2.75, 3.05) is 16.8 Å². The maximum absolute atomic E-state index is 6.65. The van der Waals surface area contributed by atoms with Crippen LogP contribution in [0, 0.1) is 32.6 Å². The number of rotatable bonds is 6. The Kier molecular flexibility index (Phi) is 11.3. The van der Waals surface area contributed by atoms with Gasteiger partial charge in [0.15, 0.2) is 0 Å². The summed E-state index contributed by atoms with van der Waals surface area (Å²) in [4.78, 5) is 9.44. The van der Waals surface area contributed by atoms with E-state index in [-0.39, 0.29) is 37.3 Å². The molecule has 63 heavy (non-hydrogen) atoms. The molecule has 9 rings (SSSR count). The topological polar surface area (TPSA) is 33.5 Å². The summed E-state index contributed by atoms with van der Waals surface area (Å²) in [7, 11) is 2.11. The molecule has 0 atom stereocenters. The van der Waals surface area contributed by atoms with Crippen LogP contribution < -0.4 is 14.5 Å². The van der Waals surface area contributed by atoms with Gasteiger partial charge in [-0.05, 0) is 100 Å². The third kappa shape index (κ3) is 8.22. The molecule has 0 N–H and O–H groups in total. The van der Waals surface area contributed by atoms with Crippen molar-refractivity contribution in [3.8, 4) is 39.6 Å². The van der Waals surface area contributed by atoms with Gasteiger partial charge in [0.1, 0.15) is 5.82 Å². The van der Waals surface area contributed by atoms with Crippen LogP contribution in [-0.4, -0.2) is 16.6 Å². The minimum Gasteiger partial charge on any atom is -0.509 e. The summed E-state index contributed by atoms with van der Waals surface area (Å²) in [5, 5.41) is 2.22. The van der Waals surface area contributed by atoms with Crippen LogP contribution in [0.15, 0.2) is 121 Å². The molecule has 0 fully saturated rings. The number of hydrogen-bond donors (Lipinski definition) is 0. The molecular weight excluding hydrogens is 952 g/mol. The molecule has 0 saturated carbocycles. The summed E-state index contributed by atoms with van der Waals surface area (Å²) in [6.45, 7) is 27.3. The molecule has 0 amide bonds. The molecule has 324 valence electrons. The van der Waals surface area contributed by atoms with Crippen molar-refractivity contribution in [2.45, 2.75) is 92.4 Å². The number of nitrogens with zero attached hydrogens (tertiary/aromatic N) is 4. The predicted octanol–water partition coefficient (Wildman–Crippen LogP) is 15.1. The maximum atomic E-state index is 6.65. The van der Waals surface area contributed by atoms with Crippen LogP contribution >= 0.6 is 0 Å². The predicted molar refractivity (Wildman–Crippen MR) is 260 cm³/mol. The second kappa shape index (κ2) is 16.2. The van der Waals surface area contributed by atoms with Crippen molar-refractivity contribution >= 4 is 38.9 Å².